The molecule has 0 saturated carbocycles. The molecular formula is C19H12F2N2. The molecule has 0 spiro atoms. The molecule has 2 heterocycles. The van der Waals surface area contributed by atoms with Gasteiger partial charge in [0.05, 0.1) is 5.69 Å². The maximum atomic E-state index is 13.1. The lowest BCUT2D eigenvalue weighted by Crippen LogP contribution is -1.84. The van der Waals surface area contributed by atoms with E-state index in [-0.39, 0.29) is 11.6 Å². The number of H-pyrrole nitrogens is 1. The number of aromatic nitrogens is 2. The minimum Gasteiger partial charge on any atom is -0.354 e. The molecule has 1 N–H and O–H groups in total. The Hall–Kier alpha value is -3.01. The van der Waals surface area contributed by atoms with Gasteiger partial charge in [0.1, 0.15) is 11.6 Å². The van der Waals surface area contributed by atoms with Crippen molar-refractivity contribution >= 4 is 10.9 Å². The molecule has 0 radical (unpaired) electrons. The Labute approximate surface area is 131 Å². The lowest BCUT2D eigenvalue weighted by atomic mass is 10.1. The summed E-state index contributed by atoms with van der Waals surface area (Å²) in [4.78, 5) is 7.74. The number of hydrogen-bond donors (Lipinski definition) is 1. The van der Waals surface area contributed by atoms with Crippen LogP contribution in [0, 0.1) is 11.6 Å². The van der Waals surface area contributed by atoms with E-state index in [2.05, 4.69) is 9.97 Å². The lowest BCUT2D eigenvalue weighted by Gasteiger charge is -2.02. The second kappa shape index (κ2) is 5.32. The molecule has 2 aromatic carbocycles. The highest BCUT2D eigenvalue weighted by atomic mass is 19.1. The summed E-state index contributed by atoms with van der Waals surface area (Å²) in [6.45, 7) is 0. The highest BCUT2D eigenvalue weighted by Gasteiger charge is 2.10. The van der Waals surface area contributed by atoms with Gasteiger partial charge in [-0.2, -0.15) is 0 Å². The van der Waals surface area contributed by atoms with Crippen LogP contribution in [-0.2, 0) is 0 Å². The summed E-state index contributed by atoms with van der Waals surface area (Å²) >= 11 is 0. The minimum absolute atomic E-state index is 0.265. The smallest absolute Gasteiger partial charge is 0.123 e. The van der Waals surface area contributed by atoms with E-state index in [1.165, 1.54) is 24.3 Å². The normalized spacial score (nSPS) is 11.0. The maximum absolute atomic E-state index is 13.1. The van der Waals surface area contributed by atoms with Gasteiger partial charge in [0, 0.05) is 28.4 Å². The van der Waals surface area contributed by atoms with Gasteiger partial charge in [0.2, 0.25) is 0 Å². The maximum Gasteiger partial charge on any atom is 0.123 e. The van der Waals surface area contributed by atoms with Crippen molar-refractivity contribution in [3.05, 3.63) is 78.5 Å². The Kier molecular flexibility index (Phi) is 3.15. The molecule has 0 aliphatic rings. The van der Waals surface area contributed by atoms with Crippen molar-refractivity contribution in [1.82, 2.24) is 9.97 Å². The van der Waals surface area contributed by atoms with E-state index in [1.54, 1.807) is 30.5 Å². The van der Waals surface area contributed by atoms with Gasteiger partial charge in [-0.25, -0.2) is 8.78 Å². The van der Waals surface area contributed by atoms with Crippen molar-refractivity contribution in [2.75, 3.05) is 0 Å². The van der Waals surface area contributed by atoms with Crippen molar-refractivity contribution in [2.45, 2.75) is 0 Å². The SMILES string of the molecule is Fc1ccc(-c2cc3c(-c4ccc(F)cc4)nccc3[nH]2)cc1. The van der Waals surface area contributed by atoms with Crippen LogP contribution in [-0.4, -0.2) is 9.97 Å². The molecule has 0 atom stereocenters. The molecule has 112 valence electrons. The number of fused-ring (bicyclic) bond motifs is 1. The first-order valence-corrected chi connectivity index (χ1v) is 7.20. The first kappa shape index (κ1) is 13.6. The van der Waals surface area contributed by atoms with Gasteiger partial charge in [-0.05, 0) is 66.2 Å². The molecule has 0 fully saturated rings. The van der Waals surface area contributed by atoms with Crippen molar-refractivity contribution < 1.29 is 8.78 Å². The number of pyridine rings is 1. The Morgan fingerprint density at radius 3 is 2.00 bits per heavy atom. The number of benzene rings is 2. The zero-order valence-corrected chi connectivity index (χ0v) is 12.1. The van der Waals surface area contributed by atoms with Gasteiger partial charge in [-0.15, -0.1) is 0 Å². The summed E-state index contributed by atoms with van der Waals surface area (Å²) in [5.74, 6) is -0.541. The summed E-state index contributed by atoms with van der Waals surface area (Å²) < 4.78 is 26.2. The van der Waals surface area contributed by atoms with Crippen LogP contribution in [0.15, 0.2) is 66.9 Å². The lowest BCUT2D eigenvalue weighted by molar-refractivity contribution is 0.627. The average Bonchev–Trinajstić information content (AvgIpc) is 3.00. The Morgan fingerprint density at radius 1 is 0.739 bits per heavy atom. The van der Waals surface area contributed by atoms with E-state index in [0.29, 0.717) is 0 Å². The summed E-state index contributed by atoms with van der Waals surface area (Å²) in [5, 5.41) is 0.943. The molecule has 4 rings (SSSR count). The predicted octanol–water partition coefficient (Wildman–Crippen LogP) is 5.18. The minimum atomic E-state index is -0.276. The van der Waals surface area contributed by atoms with E-state index in [0.717, 1.165) is 33.4 Å². The fourth-order valence-corrected chi connectivity index (χ4v) is 2.68. The highest BCUT2D eigenvalue weighted by molar-refractivity contribution is 5.96. The van der Waals surface area contributed by atoms with Crippen LogP contribution in [0.5, 0.6) is 0 Å². The number of nitrogens with one attached hydrogen (secondary N) is 1. The zero-order valence-electron chi connectivity index (χ0n) is 12.1. The second-order valence-electron chi connectivity index (χ2n) is 5.32. The molecule has 0 saturated heterocycles. The molecular weight excluding hydrogens is 294 g/mol. The van der Waals surface area contributed by atoms with Gasteiger partial charge in [0.15, 0.2) is 0 Å². The molecule has 4 heteroatoms. The first-order chi connectivity index (χ1) is 11.2. The zero-order chi connectivity index (χ0) is 15.8. The number of nitrogens with zero attached hydrogens (tertiary/aromatic N) is 1. The van der Waals surface area contributed by atoms with Gasteiger partial charge in [-0.3, -0.25) is 4.98 Å². The van der Waals surface area contributed by atoms with E-state index in [1.807, 2.05) is 12.1 Å². The van der Waals surface area contributed by atoms with Crippen LogP contribution in [0.3, 0.4) is 0 Å². The Balaban J connectivity index is 1.87. The van der Waals surface area contributed by atoms with Gasteiger partial charge >= 0.3 is 0 Å². The van der Waals surface area contributed by atoms with E-state index < -0.39 is 0 Å². The summed E-state index contributed by atoms with van der Waals surface area (Å²) in [6.07, 6.45) is 1.71. The number of rotatable bonds is 2. The highest BCUT2D eigenvalue weighted by Crippen LogP contribution is 2.30. The third-order valence-corrected chi connectivity index (χ3v) is 3.82. The van der Waals surface area contributed by atoms with Crippen molar-refractivity contribution in [2.24, 2.45) is 0 Å². The molecule has 23 heavy (non-hydrogen) atoms. The molecule has 4 aromatic rings. The van der Waals surface area contributed by atoms with Gasteiger partial charge in [0.25, 0.3) is 0 Å². The summed E-state index contributed by atoms with van der Waals surface area (Å²) in [5.41, 5.74) is 4.34. The monoisotopic (exact) mass is 306 g/mol. The predicted molar refractivity (Wildman–Crippen MR) is 86.9 cm³/mol. The van der Waals surface area contributed by atoms with Crippen LogP contribution in [0.1, 0.15) is 0 Å². The second-order valence-corrected chi connectivity index (χ2v) is 5.32. The molecule has 2 nitrogen and oxygen atoms in total. The van der Waals surface area contributed by atoms with Crippen LogP contribution in [0.4, 0.5) is 8.78 Å². The van der Waals surface area contributed by atoms with Gasteiger partial charge in [-0.1, -0.05) is 0 Å². The molecule has 0 aliphatic carbocycles. The van der Waals surface area contributed by atoms with E-state index >= 15 is 0 Å². The standard InChI is InChI=1S/C19H12F2N2/c20-14-5-1-12(2-6-14)18-11-16-17(23-18)9-10-22-19(16)13-3-7-15(21)8-4-13/h1-11,23H. The number of hydrogen-bond acceptors (Lipinski definition) is 1. The quantitative estimate of drug-likeness (QED) is 0.543. The van der Waals surface area contributed by atoms with E-state index in [9.17, 15) is 8.78 Å². The fraction of sp³-hybridized carbons (Fsp3) is 0. The van der Waals surface area contributed by atoms with Crippen LogP contribution in [0.2, 0.25) is 0 Å². The first-order valence-electron chi connectivity index (χ1n) is 7.20. The molecule has 0 aliphatic heterocycles. The van der Waals surface area contributed by atoms with Crippen LogP contribution < -0.4 is 0 Å². The largest absolute Gasteiger partial charge is 0.354 e. The topological polar surface area (TPSA) is 28.7 Å². The average molecular weight is 306 g/mol. The summed E-state index contributed by atoms with van der Waals surface area (Å²) in [6, 6.07) is 16.4. The van der Waals surface area contributed by atoms with Crippen molar-refractivity contribution in [3.63, 3.8) is 0 Å². The van der Waals surface area contributed by atoms with Gasteiger partial charge < -0.3 is 4.98 Å². The molecule has 2 aromatic heterocycles. The number of aromatic amines is 1. The number of halogens is 2. The van der Waals surface area contributed by atoms with Crippen molar-refractivity contribution in [1.29, 1.82) is 0 Å². The third-order valence-electron chi connectivity index (χ3n) is 3.82. The van der Waals surface area contributed by atoms with Crippen molar-refractivity contribution in [3.8, 4) is 22.5 Å². The summed E-state index contributed by atoms with van der Waals surface area (Å²) in [7, 11) is 0. The molecule has 0 bridgehead atoms. The Morgan fingerprint density at radius 2 is 1.35 bits per heavy atom. The van der Waals surface area contributed by atoms with E-state index in [4.69, 9.17) is 0 Å². The molecule has 0 unspecified atom stereocenters. The third kappa shape index (κ3) is 2.48. The van der Waals surface area contributed by atoms with Crippen LogP contribution in [0.25, 0.3) is 33.4 Å². The van der Waals surface area contributed by atoms with Crippen LogP contribution >= 0.6 is 0 Å². The fourth-order valence-electron chi connectivity index (χ4n) is 2.68. The molecule has 0 amide bonds. The Bertz CT molecular complexity index is 971.